The molecule has 3 aromatic rings. The Morgan fingerprint density at radius 3 is 2.55 bits per heavy atom. The standard InChI is InChI=1S/C23H21FN2O3/c1-15-2-11-22(28-15)17-5-7-18(8-6-17)23(27)25-14-21-13-20(26-29-21)12-16-3-9-19(24)10-4-16/h2-11,21H,12-14H2,1H3,(H,25,27). The number of hydrogen-bond acceptors (Lipinski definition) is 4. The molecule has 4 rings (SSSR count). The third kappa shape index (κ3) is 4.71. The van der Waals surface area contributed by atoms with Crippen molar-refractivity contribution in [2.45, 2.75) is 25.9 Å². The van der Waals surface area contributed by atoms with E-state index < -0.39 is 0 Å². The first-order valence-electron chi connectivity index (χ1n) is 9.48. The summed E-state index contributed by atoms with van der Waals surface area (Å²) in [7, 11) is 0. The Hall–Kier alpha value is -3.41. The normalized spacial score (nSPS) is 15.7. The Balaban J connectivity index is 1.26. The zero-order valence-corrected chi connectivity index (χ0v) is 16.0. The second kappa shape index (κ2) is 8.31. The molecule has 0 bridgehead atoms. The summed E-state index contributed by atoms with van der Waals surface area (Å²) < 4.78 is 18.6. The van der Waals surface area contributed by atoms with Gasteiger partial charge in [0.25, 0.3) is 5.91 Å². The number of nitrogens with one attached hydrogen (secondary N) is 1. The summed E-state index contributed by atoms with van der Waals surface area (Å²) in [6.07, 6.45) is 1.05. The van der Waals surface area contributed by atoms with Crippen LogP contribution in [0.1, 0.15) is 28.1 Å². The number of furan rings is 1. The van der Waals surface area contributed by atoms with E-state index in [4.69, 9.17) is 9.25 Å². The lowest BCUT2D eigenvalue weighted by atomic mass is 10.0. The van der Waals surface area contributed by atoms with Crippen LogP contribution in [0, 0.1) is 12.7 Å². The Labute approximate surface area is 168 Å². The molecule has 29 heavy (non-hydrogen) atoms. The Morgan fingerprint density at radius 2 is 1.86 bits per heavy atom. The average Bonchev–Trinajstić information content (AvgIpc) is 3.37. The minimum atomic E-state index is -0.258. The van der Waals surface area contributed by atoms with Crippen molar-refractivity contribution in [2.75, 3.05) is 6.54 Å². The van der Waals surface area contributed by atoms with Crippen molar-refractivity contribution in [3.63, 3.8) is 0 Å². The molecule has 0 aliphatic carbocycles. The minimum Gasteiger partial charge on any atom is -0.461 e. The first-order valence-corrected chi connectivity index (χ1v) is 9.48. The van der Waals surface area contributed by atoms with Gasteiger partial charge in [0, 0.05) is 24.0 Å². The molecular weight excluding hydrogens is 371 g/mol. The van der Waals surface area contributed by atoms with Crippen LogP contribution in [-0.2, 0) is 11.3 Å². The molecule has 1 N–H and O–H groups in total. The van der Waals surface area contributed by atoms with Crippen LogP contribution in [0.3, 0.4) is 0 Å². The van der Waals surface area contributed by atoms with Crippen LogP contribution in [0.2, 0.25) is 0 Å². The van der Waals surface area contributed by atoms with Crippen LogP contribution in [0.5, 0.6) is 0 Å². The first-order chi connectivity index (χ1) is 14.1. The zero-order chi connectivity index (χ0) is 20.2. The summed E-state index contributed by atoms with van der Waals surface area (Å²) in [5, 5.41) is 6.98. The van der Waals surface area contributed by atoms with E-state index in [9.17, 15) is 9.18 Å². The fraction of sp³-hybridized carbons (Fsp3) is 0.217. The molecule has 1 unspecified atom stereocenters. The highest BCUT2D eigenvalue weighted by atomic mass is 19.1. The van der Waals surface area contributed by atoms with E-state index in [2.05, 4.69) is 10.5 Å². The van der Waals surface area contributed by atoms with Gasteiger partial charge in [0.05, 0.1) is 12.3 Å². The maximum Gasteiger partial charge on any atom is 0.251 e. The monoisotopic (exact) mass is 392 g/mol. The maximum atomic E-state index is 13.0. The van der Waals surface area contributed by atoms with Crippen LogP contribution in [-0.4, -0.2) is 24.3 Å². The quantitative estimate of drug-likeness (QED) is 0.671. The zero-order valence-electron chi connectivity index (χ0n) is 16.0. The number of rotatable bonds is 6. The number of hydrogen-bond donors (Lipinski definition) is 1. The van der Waals surface area contributed by atoms with Gasteiger partial charge in [-0.3, -0.25) is 4.79 Å². The van der Waals surface area contributed by atoms with Gasteiger partial charge in [-0.05, 0) is 48.9 Å². The van der Waals surface area contributed by atoms with Gasteiger partial charge in [-0.2, -0.15) is 0 Å². The van der Waals surface area contributed by atoms with E-state index in [1.165, 1.54) is 12.1 Å². The van der Waals surface area contributed by atoms with Crippen LogP contribution >= 0.6 is 0 Å². The molecule has 0 radical (unpaired) electrons. The van der Waals surface area contributed by atoms with E-state index in [-0.39, 0.29) is 17.8 Å². The van der Waals surface area contributed by atoms with E-state index in [1.807, 2.05) is 31.2 Å². The van der Waals surface area contributed by atoms with Gasteiger partial charge >= 0.3 is 0 Å². The Morgan fingerprint density at radius 1 is 1.10 bits per heavy atom. The van der Waals surface area contributed by atoms with E-state index in [1.54, 1.807) is 24.3 Å². The van der Waals surface area contributed by atoms with Gasteiger partial charge in [0.2, 0.25) is 0 Å². The molecule has 2 heterocycles. The van der Waals surface area contributed by atoms with Gasteiger partial charge in [-0.15, -0.1) is 0 Å². The molecule has 0 saturated carbocycles. The number of halogens is 1. The van der Waals surface area contributed by atoms with E-state index in [0.717, 1.165) is 28.4 Å². The van der Waals surface area contributed by atoms with E-state index >= 15 is 0 Å². The van der Waals surface area contributed by atoms with Gasteiger partial charge in [0.15, 0.2) is 0 Å². The summed E-state index contributed by atoms with van der Waals surface area (Å²) in [4.78, 5) is 17.8. The van der Waals surface area contributed by atoms with Crippen molar-refractivity contribution >= 4 is 11.6 Å². The molecule has 0 fully saturated rings. The molecule has 0 saturated heterocycles. The summed E-state index contributed by atoms with van der Waals surface area (Å²) in [6.45, 7) is 2.26. The molecule has 1 aromatic heterocycles. The summed E-state index contributed by atoms with van der Waals surface area (Å²) in [6, 6.07) is 17.4. The number of aryl methyl sites for hydroxylation is 1. The van der Waals surface area contributed by atoms with Gasteiger partial charge in [0.1, 0.15) is 23.4 Å². The number of nitrogens with zero attached hydrogens (tertiary/aromatic N) is 1. The topological polar surface area (TPSA) is 63.8 Å². The third-order valence-electron chi connectivity index (χ3n) is 4.78. The predicted molar refractivity (Wildman–Crippen MR) is 108 cm³/mol. The molecule has 148 valence electrons. The fourth-order valence-corrected chi connectivity index (χ4v) is 3.22. The number of carbonyl (C=O) groups excluding carboxylic acids is 1. The highest BCUT2D eigenvalue weighted by Gasteiger charge is 2.22. The number of carbonyl (C=O) groups is 1. The minimum absolute atomic E-state index is 0.164. The first kappa shape index (κ1) is 18.9. The number of benzene rings is 2. The molecule has 1 amide bonds. The summed E-state index contributed by atoms with van der Waals surface area (Å²) in [5.74, 6) is 1.20. The smallest absolute Gasteiger partial charge is 0.251 e. The molecule has 1 aliphatic rings. The van der Waals surface area contributed by atoms with Gasteiger partial charge in [-0.1, -0.05) is 29.4 Å². The molecule has 1 aliphatic heterocycles. The summed E-state index contributed by atoms with van der Waals surface area (Å²) >= 11 is 0. The predicted octanol–water partition coefficient (Wildman–Crippen LogP) is 4.51. The molecule has 0 spiro atoms. The largest absolute Gasteiger partial charge is 0.461 e. The van der Waals surface area contributed by atoms with Crippen LogP contribution < -0.4 is 5.32 Å². The van der Waals surface area contributed by atoms with E-state index in [0.29, 0.717) is 24.9 Å². The van der Waals surface area contributed by atoms with Crippen LogP contribution in [0.15, 0.2) is 70.2 Å². The Kier molecular flexibility index (Phi) is 5.42. The lowest BCUT2D eigenvalue weighted by Crippen LogP contribution is -2.32. The fourth-order valence-electron chi connectivity index (χ4n) is 3.22. The van der Waals surface area contributed by atoms with Crippen LogP contribution in [0.4, 0.5) is 4.39 Å². The molecule has 5 nitrogen and oxygen atoms in total. The molecule has 1 atom stereocenters. The van der Waals surface area contributed by atoms with Crippen molar-refractivity contribution in [1.82, 2.24) is 5.32 Å². The summed E-state index contributed by atoms with van der Waals surface area (Å²) in [5.41, 5.74) is 3.36. The Bertz CT molecular complexity index is 1020. The second-order valence-electron chi connectivity index (χ2n) is 7.09. The number of oxime groups is 1. The molecular formula is C23H21FN2O3. The van der Waals surface area contributed by atoms with Crippen molar-refractivity contribution in [3.05, 3.63) is 83.4 Å². The van der Waals surface area contributed by atoms with Crippen molar-refractivity contribution in [3.8, 4) is 11.3 Å². The van der Waals surface area contributed by atoms with Crippen molar-refractivity contribution < 1.29 is 18.4 Å². The third-order valence-corrected chi connectivity index (χ3v) is 4.78. The van der Waals surface area contributed by atoms with Gasteiger partial charge in [-0.25, -0.2) is 4.39 Å². The molecule has 2 aromatic carbocycles. The SMILES string of the molecule is Cc1ccc(-c2ccc(C(=O)NCC3CC(Cc4ccc(F)cc4)=NO3)cc2)o1. The highest BCUT2D eigenvalue weighted by molar-refractivity contribution is 5.94. The van der Waals surface area contributed by atoms with Crippen LogP contribution in [0.25, 0.3) is 11.3 Å². The second-order valence-corrected chi connectivity index (χ2v) is 7.09. The lowest BCUT2D eigenvalue weighted by molar-refractivity contribution is 0.0753. The average molecular weight is 392 g/mol. The lowest BCUT2D eigenvalue weighted by Gasteiger charge is -2.10. The van der Waals surface area contributed by atoms with Gasteiger partial charge < -0.3 is 14.6 Å². The van der Waals surface area contributed by atoms with Crippen molar-refractivity contribution in [2.24, 2.45) is 5.16 Å². The maximum absolute atomic E-state index is 13.0. The molecule has 6 heteroatoms. The highest BCUT2D eigenvalue weighted by Crippen LogP contribution is 2.22. The van der Waals surface area contributed by atoms with Crippen molar-refractivity contribution in [1.29, 1.82) is 0 Å². The number of amides is 1.